The fourth-order valence-electron chi connectivity index (χ4n) is 2.17. The van der Waals surface area contributed by atoms with Gasteiger partial charge in [0.15, 0.2) is 0 Å². The van der Waals surface area contributed by atoms with Gasteiger partial charge in [-0.05, 0) is 33.1 Å². The van der Waals surface area contributed by atoms with E-state index < -0.39 is 0 Å². The van der Waals surface area contributed by atoms with Crippen LogP contribution in [0.5, 0.6) is 0 Å². The number of amides is 2. The van der Waals surface area contributed by atoms with Crippen LogP contribution in [0.1, 0.15) is 58.5 Å². The molecule has 0 fully saturated rings. The molecule has 1 aromatic carbocycles. The quantitative estimate of drug-likeness (QED) is 0.617. The summed E-state index contributed by atoms with van der Waals surface area (Å²) in [5, 5.41) is 5.27. The fraction of sp³-hybridized carbons (Fsp3) is 0.520. The summed E-state index contributed by atoms with van der Waals surface area (Å²) < 4.78 is 1.65. The van der Waals surface area contributed by atoms with E-state index in [1.54, 1.807) is 23.9 Å². The topological polar surface area (TPSA) is 66.4 Å². The number of hydrogen-bond donors (Lipinski definition) is 2. The number of nitrogens with zero attached hydrogens (tertiary/aromatic N) is 2. The molecule has 1 aromatic heterocycles. The van der Waals surface area contributed by atoms with E-state index in [1.165, 1.54) is 19.9 Å². The summed E-state index contributed by atoms with van der Waals surface area (Å²) in [6, 6.07) is 13.6. The van der Waals surface area contributed by atoms with Crippen LogP contribution in [0.25, 0.3) is 0 Å². The molecule has 2 aromatic rings. The molecule has 7 heteroatoms. The maximum Gasteiger partial charge on any atom is 0.267 e. The summed E-state index contributed by atoms with van der Waals surface area (Å²) in [4.78, 5) is 24.6. The molecule has 0 saturated heterocycles. The molecule has 0 bridgehead atoms. The molecule has 0 aliphatic carbocycles. The van der Waals surface area contributed by atoms with Gasteiger partial charge >= 0.3 is 0 Å². The predicted molar refractivity (Wildman–Crippen MR) is 141 cm³/mol. The average Bonchev–Trinajstić information content (AvgIpc) is 3.16. The van der Waals surface area contributed by atoms with E-state index in [9.17, 15) is 9.59 Å². The lowest BCUT2D eigenvalue weighted by Crippen LogP contribution is -2.25. The largest absolute Gasteiger partial charge is 0.352 e. The summed E-state index contributed by atoms with van der Waals surface area (Å²) in [6.45, 7) is 13.2. The van der Waals surface area contributed by atoms with Gasteiger partial charge in [0.25, 0.3) is 5.91 Å². The molecule has 0 atom stereocenters. The van der Waals surface area contributed by atoms with Crippen molar-refractivity contribution in [1.29, 1.82) is 0 Å². The minimum absolute atomic E-state index is 0.167. The number of nitrogens with one attached hydrogen (secondary N) is 2. The van der Waals surface area contributed by atoms with Gasteiger partial charge in [0.05, 0.1) is 13.5 Å². The first-order valence-corrected chi connectivity index (χ1v) is 11.4. The highest BCUT2D eigenvalue weighted by molar-refractivity contribution is 6.08. The number of anilines is 1. The van der Waals surface area contributed by atoms with Crippen molar-refractivity contribution in [2.45, 2.75) is 54.3 Å². The van der Waals surface area contributed by atoms with Gasteiger partial charge in [-0.3, -0.25) is 9.59 Å². The van der Waals surface area contributed by atoms with Crippen LogP contribution in [0.2, 0.25) is 6.32 Å². The zero-order chi connectivity index (χ0) is 25.4. The molecular formula is C25H45BN4O2. The van der Waals surface area contributed by atoms with Crippen LogP contribution < -0.4 is 10.6 Å². The fourth-order valence-corrected chi connectivity index (χ4v) is 2.17. The van der Waals surface area contributed by atoms with Crippen molar-refractivity contribution < 1.29 is 9.59 Å². The summed E-state index contributed by atoms with van der Waals surface area (Å²) in [5.41, 5.74) is 1.09. The van der Waals surface area contributed by atoms with E-state index >= 15 is 0 Å². The Bertz CT molecular complexity index is 647. The molecule has 1 heterocycles. The SMILES string of the molecule is CC.CC.CCCN(C)C.[B]CCNC(=O)c1cc(NC(C)=O)cn1C.c1ccccc1. The highest BCUT2D eigenvalue weighted by Crippen LogP contribution is 2.12. The first kappa shape index (κ1) is 34.1. The molecule has 32 heavy (non-hydrogen) atoms. The Kier molecular flexibility index (Phi) is 26.3. The average molecular weight is 444 g/mol. The Labute approximate surface area is 198 Å². The Hall–Kier alpha value is -2.54. The van der Waals surface area contributed by atoms with E-state index in [0.717, 1.165) is 0 Å². The molecule has 0 aliphatic rings. The van der Waals surface area contributed by atoms with Crippen LogP contribution in [0, 0.1) is 0 Å². The van der Waals surface area contributed by atoms with Crippen molar-refractivity contribution in [2.75, 3.05) is 32.5 Å². The van der Waals surface area contributed by atoms with E-state index in [-0.39, 0.29) is 11.8 Å². The van der Waals surface area contributed by atoms with Crippen LogP contribution in [0.15, 0.2) is 48.7 Å². The second kappa shape index (κ2) is 24.7. The van der Waals surface area contributed by atoms with Crippen molar-refractivity contribution in [3.05, 3.63) is 54.4 Å². The number of carbonyl (C=O) groups excluding carboxylic acids is 2. The first-order valence-electron chi connectivity index (χ1n) is 11.4. The van der Waals surface area contributed by atoms with Gasteiger partial charge in [0.2, 0.25) is 5.91 Å². The monoisotopic (exact) mass is 444 g/mol. The van der Waals surface area contributed by atoms with Gasteiger partial charge in [0.1, 0.15) is 5.69 Å². The van der Waals surface area contributed by atoms with Crippen LogP contribution in [-0.4, -0.2) is 56.3 Å². The van der Waals surface area contributed by atoms with Gasteiger partial charge in [-0.1, -0.05) is 77.3 Å². The zero-order valence-corrected chi connectivity index (χ0v) is 21.7. The lowest BCUT2D eigenvalue weighted by Gasteiger charge is -2.03. The molecule has 2 radical (unpaired) electrons. The van der Waals surface area contributed by atoms with Crippen molar-refractivity contribution in [1.82, 2.24) is 14.8 Å². The van der Waals surface area contributed by atoms with Gasteiger partial charge in [0, 0.05) is 26.7 Å². The minimum Gasteiger partial charge on any atom is -0.352 e. The minimum atomic E-state index is -0.204. The van der Waals surface area contributed by atoms with E-state index in [4.69, 9.17) is 7.85 Å². The van der Waals surface area contributed by atoms with E-state index in [2.05, 4.69) is 36.6 Å². The number of aryl methyl sites for hydroxylation is 1. The molecular weight excluding hydrogens is 399 g/mol. The van der Waals surface area contributed by atoms with Gasteiger partial charge in [-0.15, -0.1) is 0 Å². The van der Waals surface area contributed by atoms with Crippen LogP contribution in [-0.2, 0) is 11.8 Å². The highest BCUT2D eigenvalue weighted by atomic mass is 16.2. The summed E-state index contributed by atoms with van der Waals surface area (Å²) in [5.74, 6) is -0.371. The second-order valence-corrected chi connectivity index (χ2v) is 6.41. The number of benzene rings is 1. The molecule has 2 rings (SSSR count). The molecule has 180 valence electrons. The standard InChI is InChI=1S/C10H14BN3O2.C6H6.C5H13N.2C2H6/c1-7(15)13-8-5-9(14(2)6-8)10(16)12-4-3-11;1-2-4-6-5-3-1;1-4-5-6(2)3;2*1-2/h5-6H,3-4H2,1-2H3,(H,12,16)(H,13,15);1-6H;4-5H2,1-3H3;2*1-2H3. The van der Waals surface area contributed by atoms with Crippen molar-refractivity contribution in [3.63, 3.8) is 0 Å². The molecule has 2 N–H and O–H groups in total. The molecule has 0 aliphatic heterocycles. The Morgan fingerprint density at radius 2 is 1.47 bits per heavy atom. The Balaban J connectivity index is -0.000000432. The predicted octanol–water partition coefficient (Wildman–Crippen LogP) is 5.00. The second-order valence-electron chi connectivity index (χ2n) is 6.41. The van der Waals surface area contributed by atoms with E-state index in [0.29, 0.717) is 24.2 Å². The van der Waals surface area contributed by atoms with Crippen LogP contribution >= 0.6 is 0 Å². The normalized spacial score (nSPS) is 8.69. The Morgan fingerprint density at radius 3 is 1.78 bits per heavy atom. The van der Waals surface area contributed by atoms with Gasteiger partial charge in [-0.25, -0.2) is 0 Å². The molecule has 0 spiro atoms. The zero-order valence-electron chi connectivity index (χ0n) is 21.7. The number of aromatic nitrogens is 1. The lowest BCUT2D eigenvalue weighted by atomic mass is 10.1. The summed E-state index contributed by atoms with van der Waals surface area (Å²) in [7, 11) is 11.2. The molecule has 2 amide bonds. The van der Waals surface area contributed by atoms with Crippen molar-refractivity contribution in [2.24, 2.45) is 7.05 Å². The van der Waals surface area contributed by atoms with Crippen molar-refractivity contribution in [3.8, 4) is 0 Å². The lowest BCUT2D eigenvalue weighted by molar-refractivity contribution is -0.114. The van der Waals surface area contributed by atoms with E-state index in [1.807, 2.05) is 64.1 Å². The third-order valence-corrected chi connectivity index (χ3v) is 3.33. The third kappa shape index (κ3) is 20.7. The number of hydrogen-bond acceptors (Lipinski definition) is 3. The smallest absolute Gasteiger partial charge is 0.267 e. The first-order chi connectivity index (χ1) is 15.3. The van der Waals surface area contributed by atoms with Gasteiger partial charge in [-0.2, -0.15) is 0 Å². The highest BCUT2D eigenvalue weighted by Gasteiger charge is 2.11. The molecule has 6 nitrogen and oxygen atoms in total. The Morgan fingerprint density at radius 1 is 1.00 bits per heavy atom. The third-order valence-electron chi connectivity index (χ3n) is 3.33. The maximum atomic E-state index is 11.6. The van der Waals surface area contributed by atoms with Crippen LogP contribution in [0.3, 0.4) is 0 Å². The van der Waals surface area contributed by atoms with Gasteiger partial charge < -0.3 is 20.1 Å². The number of rotatable bonds is 6. The maximum absolute atomic E-state index is 11.6. The summed E-state index contributed by atoms with van der Waals surface area (Å²) in [6.07, 6.45) is 3.33. The van der Waals surface area contributed by atoms with Crippen molar-refractivity contribution >= 4 is 25.3 Å². The summed E-state index contributed by atoms with van der Waals surface area (Å²) >= 11 is 0. The molecule has 0 unspecified atom stereocenters. The van der Waals surface area contributed by atoms with Crippen LogP contribution in [0.4, 0.5) is 5.69 Å². The molecule has 0 saturated carbocycles. The number of carbonyl (C=O) groups is 2.